The summed E-state index contributed by atoms with van der Waals surface area (Å²) in [5, 5.41) is 0.899. The molecule has 25 heavy (non-hydrogen) atoms. The third kappa shape index (κ3) is 6.47. The molecule has 0 aliphatic carbocycles. The minimum atomic E-state index is -0.463. The van der Waals surface area contributed by atoms with Crippen molar-refractivity contribution in [1.82, 2.24) is 14.9 Å². The lowest BCUT2D eigenvalue weighted by molar-refractivity contribution is 0.00360. The van der Waals surface area contributed by atoms with E-state index in [2.05, 4.69) is 9.97 Å². The van der Waals surface area contributed by atoms with Crippen molar-refractivity contribution in [3.63, 3.8) is 0 Å². The fourth-order valence-electron chi connectivity index (χ4n) is 2.87. The standard InChI is InChI=1S/C18H29N3O3S/c1-18(2,3)24-17(22)21-11-6-5-7-14(21)8-12-23-13-15-16(25-4)20-10-9-19-15/h9-10,14H,5-8,11-13H2,1-4H3/t14-/m0/s1. The van der Waals surface area contributed by atoms with Crippen LogP contribution in [0.2, 0.25) is 0 Å². The molecule has 0 N–H and O–H groups in total. The number of hydrogen-bond acceptors (Lipinski definition) is 6. The molecule has 0 saturated carbocycles. The monoisotopic (exact) mass is 367 g/mol. The van der Waals surface area contributed by atoms with Gasteiger partial charge < -0.3 is 14.4 Å². The minimum Gasteiger partial charge on any atom is -0.444 e. The summed E-state index contributed by atoms with van der Waals surface area (Å²) in [5.74, 6) is 0. The van der Waals surface area contributed by atoms with Crippen molar-refractivity contribution in [3.05, 3.63) is 18.1 Å². The Balaban J connectivity index is 1.82. The lowest BCUT2D eigenvalue weighted by Crippen LogP contribution is -2.46. The van der Waals surface area contributed by atoms with Gasteiger partial charge in [0.25, 0.3) is 0 Å². The summed E-state index contributed by atoms with van der Waals surface area (Å²) >= 11 is 1.57. The molecule has 1 fully saturated rings. The highest BCUT2D eigenvalue weighted by Gasteiger charge is 2.30. The van der Waals surface area contributed by atoms with Gasteiger partial charge in [-0.3, -0.25) is 4.98 Å². The summed E-state index contributed by atoms with van der Waals surface area (Å²) in [4.78, 5) is 22.9. The molecule has 1 aromatic rings. The molecule has 1 aliphatic rings. The molecule has 0 unspecified atom stereocenters. The number of carbonyl (C=O) groups is 1. The molecule has 2 heterocycles. The van der Waals surface area contributed by atoms with E-state index in [0.29, 0.717) is 13.2 Å². The lowest BCUT2D eigenvalue weighted by atomic mass is 10.0. The zero-order valence-electron chi connectivity index (χ0n) is 15.7. The Morgan fingerprint density at radius 2 is 2.08 bits per heavy atom. The molecule has 0 spiro atoms. The van der Waals surface area contributed by atoms with Gasteiger partial charge in [-0.2, -0.15) is 0 Å². The van der Waals surface area contributed by atoms with Crippen molar-refractivity contribution >= 4 is 17.9 Å². The lowest BCUT2D eigenvalue weighted by Gasteiger charge is -2.36. The first kappa shape index (κ1) is 20.0. The van der Waals surface area contributed by atoms with E-state index in [-0.39, 0.29) is 12.1 Å². The number of carbonyl (C=O) groups excluding carboxylic acids is 1. The third-order valence-corrected chi connectivity index (χ3v) is 4.75. The van der Waals surface area contributed by atoms with Crippen LogP contribution in [0.15, 0.2) is 17.4 Å². The summed E-state index contributed by atoms with van der Waals surface area (Å²) < 4.78 is 11.3. The fourth-order valence-corrected chi connectivity index (χ4v) is 3.39. The number of ether oxygens (including phenoxy) is 2. The highest BCUT2D eigenvalue weighted by molar-refractivity contribution is 7.98. The first-order chi connectivity index (χ1) is 11.9. The van der Waals surface area contributed by atoms with E-state index >= 15 is 0 Å². The Morgan fingerprint density at radius 1 is 1.32 bits per heavy atom. The van der Waals surface area contributed by atoms with Crippen LogP contribution < -0.4 is 0 Å². The van der Waals surface area contributed by atoms with Gasteiger partial charge >= 0.3 is 6.09 Å². The molecule has 140 valence electrons. The SMILES string of the molecule is CSc1nccnc1COCC[C@@H]1CCCCN1C(=O)OC(C)(C)C. The molecule has 2 rings (SSSR count). The Bertz CT molecular complexity index is 563. The van der Waals surface area contributed by atoms with E-state index in [4.69, 9.17) is 9.47 Å². The maximum atomic E-state index is 12.4. The Hall–Kier alpha value is -1.34. The molecule has 6 nitrogen and oxygen atoms in total. The number of hydrogen-bond donors (Lipinski definition) is 0. The number of aromatic nitrogens is 2. The fraction of sp³-hybridized carbons (Fsp3) is 0.722. The smallest absolute Gasteiger partial charge is 0.410 e. The van der Waals surface area contributed by atoms with Crippen molar-refractivity contribution in [2.24, 2.45) is 0 Å². The molecule has 1 atom stereocenters. The van der Waals surface area contributed by atoms with Crippen LogP contribution in [0.3, 0.4) is 0 Å². The predicted octanol–water partition coefficient (Wildman–Crippen LogP) is 3.89. The van der Waals surface area contributed by atoms with Crippen molar-refractivity contribution in [3.8, 4) is 0 Å². The molecule has 1 amide bonds. The summed E-state index contributed by atoms with van der Waals surface area (Å²) in [6.45, 7) is 7.50. The van der Waals surface area contributed by atoms with Gasteiger partial charge in [0, 0.05) is 31.6 Å². The summed E-state index contributed by atoms with van der Waals surface area (Å²) in [5.41, 5.74) is 0.401. The second kappa shape index (κ2) is 9.38. The number of nitrogens with zero attached hydrogens (tertiary/aromatic N) is 3. The van der Waals surface area contributed by atoms with Crippen molar-refractivity contribution < 1.29 is 14.3 Å². The van der Waals surface area contributed by atoms with Crippen LogP contribution in [-0.2, 0) is 16.1 Å². The normalized spacial score (nSPS) is 18.2. The Morgan fingerprint density at radius 3 is 2.80 bits per heavy atom. The van der Waals surface area contributed by atoms with E-state index in [1.54, 1.807) is 24.2 Å². The number of amides is 1. The van der Waals surface area contributed by atoms with Crippen LogP contribution in [0.25, 0.3) is 0 Å². The maximum absolute atomic E-state index is 12.4. The zero-order chi connectivity index (χ0) is 18.3. The van der Waals surface area contributed by atoms with E-state index in [0.717, 1.165) is 42.9 Å². The molecule has 0 radical (unpaired) electrons. The zero-order valence-corrected chi connectivity index (χ0v) is 16.5. The molecule has 0 bridgehead atoms. The Kier molecular flexibility index (Phi) is 7.50. The number of piperidine rings is 1. The van der Waals surface area contributed by atoms with Crippen LogP contribution in [0.1, 0.15) is 52.1 Å². The summed E-state index contributed by atoms with van der Waals surface area (Å²) in [6, 6.07) is 0.186. The van der Waals surface area contributed by atoms with Crippen molar-refractivity contribution in [2.75, 3.05) is 19.4 Å². The predicted molar refractivity (Wildman–Crippen MR) is 98.7 cm³/mol. The maximum Gasteiger partial charge on any atom is 0.410 e. The van der Waals surface area contributed by atoms with E-state index in [9.17, 15) is 4.79 Å². The third-order valence-electron chi connectivity index (χ3n) is 4.02. The van der Waals surface area contributed by atoms with Crippen LogP contribution in [0.5, 0.6) is 0 Å². The van der Waals surface area contributed by atoms with E-state index in [1.165, 1.54) is 0 Å². The van der Waals surface area contributed by atoms with Crippen LogP contribution >= 0.6 is 11.8 Å². The van der Waals surface area contributed by atoms with Gasteiger partial charge in [0.15, 0.2) is 0 Å². The summed E-state index contributed by atoms with van der Waals surface area (Å²) in [7, 11) is 0. The Labute approximate surface area is 154 Å². The van der Waals surface area contributed by atoms with Crippen LogP contribution in [0.4, 0.5) is 4.79 Å². The van der Waals surface area contributed by atoms with Gasteiger partial charge in [-0.05, 0) is 52.7 Å². The first-order valence-corrected chi connectivity index (χ1v) is 10.0. The summed E-state index contributed by atoms with van der Waals surface area (Å²) in [6.07, 6.45) is 9.14. The molecular formula is C18H29N3O3S. The van der Waals surface area contributed by atoms with Gasteiger partial charge in [-0.1, -0.05) is 0 Å². The van der Waals surface area contributed by atoms with Gasteiger partial charge in [0.05, 0.1) is 12.3 Å². The second-order valence-corrected chi connectivity index (χ2v) is 7.97. The van der Waals surface area contributed by atoms with E-state index in [1.807, 2.05) is 31.9 Å². The van der Waals surface area contributed by atoms with Gasteiger partial charge in [0.2, 0.25) is 0 Å². The van der Waals surface area contributed by atoms with Gasteiger partial charge in [-0.25, -0.2) is 9.78 Å². The van der Waals surface area contributed by atoms with Gasteiger partial charge in [-0.15, -0.1) is 11.8 Å². The minimum absolute atomic E-state index is 0.186. The quantitative estimate of drug-likeness (QED) is 0.561. The van der Waals surface area contributed by atoms with Gasteiger partial charge in [0.1, 0.15) is 10.6 Å². The highest BCUT2D eigenvalue weighted by Crippen LogP contribution is 2.23. The van der Waals surface area contributed by atoms with Crippen LogP contribution in [-0.4, -0.2) is 52.0 Å². The average Bonchev–Trinajstić information content (AvgIpc) is 2.58. The average molecular weight is 368 g/mol. The number of thioether (sulfide) groups is 1. The highest BCUT2D eigenvalue weighted by atomic mass is 32.2. The first-order valence-electron chi connectivity index (χ1n) is 8.82. The van der Waals surface area contributed by atoms with Crippen molar-refractivity contribution in [1.29, 1.82) is 0 Å². The topological polar surface area (TPSA) is 64.6 Å². The van der Waals surface area contributed by atoms with Crippen LogP contribution in [0, 0.1) is 0 Å². The molecular weight excluding hydrogens is 338 g/mol. The largest absolute Gasteiger partial charge is 0.444 e. The molecule has 1 aliphatic heterocycles. The van der Waals surface area contributed by atoms with E-state index < -0.39 is 5.60 Å². The molecule has 0 aromatic carbocycles. The molecule has 1 saturated heterocycles. The number of likely N-dealkylation sites (tertiary alicyclic amines) is 1. The molecule has 7 heteroatoms. The molecule has 1 aromatic heterocycles. The second-order valence-electron chi connectivity index (χ2n) is 7.18. The van der Waals surface area contributed by atoms with Crippen molar-refractivity contribution in [2.45, 2.75) is 69.7 Å². The number of rotatable bonds is 6.